The molecule has 1 aliphatic heterocycles. The summed E-state index contributed by atoms with van der Waals surface area (Å²) in [6, 6.07) is 10.9. The summed E-state index contributed by atoms with van der Waals surface area (Å²) < 4.78 is 0. The standard InChI is InChI=1S/C15H21N/c1-14(2)11-16(12-15(14)8-9-15)10-13-6-4-3-5-7-13/h3-7H,8-12H2,1-2H3. The number of benzene rings is 1. The van der Waals surface area contributed by atoms with E-state index in [-0.39, 0.29) is 0 Å². The summed E-state index contributed by atoms with van der Waals surface area (Å²) in [6.45, 7) is 8.61. The quantitative estimate of drug-likeness (QED) is 0.731. The SMILES string of the molecule is CC1(C)CN(Cc2ccccc2)CC12CC2. The van der Waals surface area contributed by atoms with Crippen LogP contribution in [-0.2, 0) is 6.54 Å². The third-order valence-corrected chi connectivity index (χ3v) is 4.68. The lowest BCUT2D eigenvalue weighted by Crippen LogP contribution is -2.24. The molecule has 1 heteroatoms. The van der Waals surface area contributed by atoms with Gasteiger partial charge in [0.2, 0.25) is 0 Å². The first-order valence-electron chi connectivity index (χ1n) is 6.38. The van der Waals surface area contributed by atoms with Crippen molar-refractivity contribution < 1.29 is 0 Å². The molecule has 16 heavy (non-hydrogen) atoms. The fourth-order valence-corrected chi connectivity index (χ4v) is 3.36. The van der Waals surface area contributed by atoms with Crippen LogP contribution in [0.4, 0.5) is 0 Å². The first-order chi connectivity index (χ1) is 7.61. The van der Waals surface area contributed by atoms with Crippen LogP contribution in [0.1, 0.15) is 32.3 Å². The van der Waals surface area contributed by atoms with E-state index in [2.05, 4.69) is 49.1 Å². The number of rotatable bonds is 2. The van der Waals surface area contributed by atoms with Gasteiger partial charge in [0, 0.05) is 19.6 Å². The molecule has 1 aromatic rings. The van der Waals surface area contributed by atoms with Crippen LogP contribution < -0.4 is 0 Å². The average Bonchev–Trinajstić information content (AvgIpc) is 2.95. The molecule has 0 N–H and O–H groups in total. The van der Waals surface area contributed by atoms with Crippen molar-refractivity contribution in [2.75, 3.05) is 13.1 Å². The Hall–Kier alpha value is -0.820. The third kappa shape index (κ3) is 1.58. The molecule has 0 amide bonds. The molecule has 0 atom stereocenters. The van der Waals surface area contributed by atoms with Crippen LogP contribution in [0, 0.1) is 10.8 Å². The van der Waals surface area contributed by atoms with Crippen molar-refractivity contribution in [2.24, 2.45) is 10.8 Å². The summed E-state index contributed by atoms with van der Waals surface area (Å²) >= 11 is 0. The molecule has 1 saturated carbocycles. The van der Waals surface area contributed by atoms with E-state index in [0.29, 0.717) is 10.8 Å². The lowest BCUT2D eigenvalue weighted by atomic mass is 9.79. The van der Waals surface area contributed by atoms with Crippen LogP contribution in [0.3, 0.4) is 0 Å². The smallest absolute Gasteiger partial charge is 0.0234 e. The van der Waals surface area contributed by atoms with Crippen LogP contribution in [0.5, 0.6) is 0 Å². The fraction of sp³-hybridized carbons (Fsp3) is 0.600. The molecule has 1 aliphatic carbocycles. The van der Waals surface area contributed by atoms with Gasteiger partial charge in [-0.2, -0.15) is 0 Å². The predicted octanol–water partition coefficient (Wildman–Crippen LogP) is 3.31. The van der Waals surface area contributed by atoms with Crippen LogP contribution in [0.25, 0.3) is 0 Å². The van der Waals surface area contributed by atoms with Crippen molar-refractivity contribution in [3.63, 3.8) is 0 Å². The monoisotopic (exact) mass is 215 g/mol. The lowest BCUT2D eigenvalue weighted by molar-refractivity contribution is 0.256. The molecule has 2 fully saturated rings. The van der Waals surface area contributed by atoms with Crippen molar-refractivity contribution >= 4 is 0 Å². The van der Waals surface area contributed by atoms with Crippen molar-refractivity contribution in [1.29, 1.82) is 0 Å². The van der Waals surface area contributed by atoms with Crippen molar-refractivity contribution in [2.45, 2.75) is 33.2 Å². The number of hydrogen-bond acceptors (Lipinski definition) is 1. The van der Waals surface area contributed by atoms with Gasteiger partial charge in [0.25, 0.3) is 0 Å². The second-order valence-electron chi connectivity index (χ2n) is 6.29. The average molecular weight is 215 g/mol. The Labute approximate surface area is 98.5 Å². The first kappa shape index (κ1) is 10.3. The highest BCUT2D eigenvalue weighted by molar-refractivity contribution is 5.17. The Kier molecular flexibility index (Phi) is 2.16. The zero-order chi connectivity index (χ0) is 11.2. The van der Waals surface area contributed by atoms with Crippen LogP contribution >= 0.6 is 0 Å². The minimum atomic E-state index is 0.530. The van der Waals surface area contributed by atoms with Gasteiger partial charge in [-0.25, -0.2) is 0 Å². The van der Waals surface area contributed by atoms with Crippen molar-refractivity contribution in [3.8, 4) is 0 Å². The van der Waals surface area contributed by atoms with Crippen molar-refractivity contribution in [3.05, 3.63) is 35.9 Å². The Balaban J connectivity index is 1.71. The largest absolute Gasteiger partial charge is 0.298 e. The molecule has 0 radical (unpaired) electrons. The van der Waals surface area contributed by atoms with E-state index in [1.165, 1.54) is 31.5 Å². The van der Waals surface area contributed by atoms with E-state index in [1.807, 2.05) is 0 Å². The lowest BCUT2D eigenvalue weighted by Gasteiger charge is -2.25. The van der Waals surface area contributed by atoms with Crippen LogP contribution in [0.2, 0.25) is 0 Å². The van der Waals surface area contributed by atoms with Gasteiger partial charge in [0.05, 0.1) is 0 Å². The molecule has 1 aromatic carbocycles. The summed E-state index contributed by atoms with van der Waals surface area (Å²) in [5.74, 6) is 0. The van der Waals surface area contributed by atoms with Gasteiger partial charge in [-0.1, -0.05) is 44.2 Å². The molecular weight excluding hydrogens is 194 g/mol. The maximum atomic E-state index is 2.64. The van der Waals surface area contributed by atoms with E-state index in [9.17, 15) is 0 Å². The summed E-state index contributed by atoms with van der Waals surface area (Å²) in [4.78, 5) is 2.64. The molecule has 0 aromatic heterocycles. The Morgan fingerprint density at radius 1 is 1.06 bits per heavy atom. The fourth-order valence-electron chi connectivity index (χ4n) is 3.36. The van der Waals surface area contributed by atoms with E-state index in [0.717, 1.165) is 6.54 Å². The molecule has 86 valence electrons. The number of likely N-dealkylation sites (tertiary alicyclic amines) is 1. The van der Waals surface area contributed by atoms with Gasteiger partial charge in [0.15, 0.2) is 0 Å². The maximum Gasteiger partial charge on any atom is 0.0234 e. The minimum absolute atomic E-state index is 0.530. The zero-order valence-corrected chi connectivity index (χ0v) is 10.4. The van der Waals surface area contributed by atoms with E-state index >= 15 is 0 Å². The minimum Gasteiger partial charge on any atom is -0.298 e. The predicted molar refractivity (Wildman–Crippen MR) is 67.2 cm³/mol. The van der Waals surface area contributed by atoms with Crippen LogP contribution in [-0.4, -0.2) is 18.0 Å². The van der Waals surface area contributed by atoms with Gasteiger partial charge in [0.1, 0.15) is 0 Å². The van der Waals surface area contributed by atoms with Gasteiger partial charge in [-0.15, -0.1) is 0 Å². The number of nitrogens with zero attached hydrogens (tertiary/aromatic N) is 1. The normalized spacial score (nSPS) is 26.1. The van der Waals surface area contributed by atoms with Crippen molar-refractivity contribution in [1.82, 2.24) is 4.90 Å². The highest BCUT2D eigenvalue weighted by Crippen LogP contribution is 2.62. The van der Waals surface area contributed by atoms with Gasteiger partial charge >= 0.3 is 0 Å². The second kappa shape index (κ2) is 3.33. The summed E-state index contributed by atoms with van der Waals surface area (Å²) in [5, 5.41) is 0. The summed E-state index contributed by atoms with van der Waals surface area (Å²) in [7, 11) is 0. The molecule has 1 saturated heterocycles. The zero-order valence-electron chi connectivity index (χ0n) is 10.4. The van der Waals surface area contributed by atoms with Gasteiger partial charge < -0.3 is 0 Å². The molecule has 3 rings (SSSR count). The Morgan fingerprint density at radius 2 is 1.75 bits per heavy atom. The van der Waals surface area contributed by atoms with Gasteiger partial charge in [-0.05, 0) is 29.2 Å². The third-order valence-electron chi connectivity index (χ3n) is 4.68. The van der Waals surface area contributed by atoms with Gasteiger partial charge in [-0.3, -0.25) is 4.90 Å². The topological polar surface area (TPSA) is 3.24 Å². The molecule has 1 heterocycles. The van der Waals surface area contributed by atoms with E-state index in [4.69, 9.17) is 0 Å². The molecule has 1 nitrogen and oxygen atoms in total. The van der Waals surface area contributed by atoms with E-state index in [1.54, 1.807) is 0 Å². The van der Waals surface area contributed by atoms with Crippen LogP contribution in [0.15, 0.2) is 30.3 Å². The highest BCUT2D eigenvalue weighted by atomic mass is 15.2. The molecular formula is C15H21N. The second-order valence-corrected chi connectivity index (χ2v) is 6.29. The number of hydrogen-bond donors (Lipinski definition) is 0. The molecule has 1 spiro atoms. The molecule has 0 bridgehead atoms. The first-order valence-corrected chi connectivity index (χ1v) is 6.38. The Morgan fingerprint density at radius 3 is 2.31 bits per heavy atom. The Bertz CT molecular complexity index is 370. The molecule has 0 unspecified atom stereocenters. The maximum absolute atomic E-state index is 2.64. The summed E-state index contributed by atoms with van der Waals surface area (Å²) in [6.07, 6.45) is 2.90. The highest BCUT2D eigenvalue weighted by Gasteiger charge is 2.59. The summed E-state index contributed by atoms with van der Waals surface area (Å²) in [5.41, 5.74) is 2.65. The van der Waals surface area contributed by atoms with E-state index < -0.39 is 0 Å². The molecule has 2 aliphatic rings.